The van der Waals surface area contributed by atoms with Gasteiger partial charge in [0.25, 0.3) is 0 Å². The van der Waals surface area contributed by atoms with Gasteiger partial charge in [-0.3, -0.25) is 4.98 Å². The van der Waals surface area contributed by atoms with Gasteiger partial charge < -0.3 is 10.4 Å². The highest BCUT2D eigenvalue weighted by Crippen LogP contribution is 2.03. The lowest BCUT2D eigenvalue weighted by molar-refractivity contribution is 0.209. The molecule has 0 aliphatic rings. The van der Waals surface area contributed by atoms with Gasteiger partial charge in [-0.2, -0.15) is 0 Å². The third kappa shape index (κ3) is 3.98. The van der Waals surface area contributed by atoms with E-state index < -0.39 is 0 Å². The zero-order valence-electron chi connectivity index (χ0n) is 9.70. The van der Waals surface area contributed by atoms with Gasteiger partial charge in [0, 0.05) is 18.3 Å². The number of pyridine rings is 1. The molecule has 1 heterocycles. The van der Waals surface area contributed by atoms with Crippen LogP contribution >= 0.6 is 0 Å². The Kier molecular flexibility index (Phi) is 4.72. The van der Waals surface area contributed by atoms with Crippen molar-refractivity contribution in [3.8, 4) is 0 Å². The Morgan fingerprint density at radius 2 is 2.13 bits per heavy atom. The molecule has 0 saturated carbocycles. The van der Waals surface area contributed by atoms with Crippen molar-refractivity contribution in [2.75, 3.05) is 6.61 Å². The van der Waals surface area contributed by atoms with Crippen LogP contribution in [0.15, 0.2) is 18.2 Å². The van der Waals surface area contributed by atoms with E-state index >= 15 is 0 Å². The van der Waals surface area contributed by atoms with E-state index in [2.05, 4.69) is 24.1 Å². The molecule has 1 rings (SSSR count). The summed E-state index contributed by atoms with van der Waals surface area (Å²) < 4.78 is 0. The van der Waals surface area contributed by atoms with Crippen molar-refractivity contribution < 1.29 is 5.11 Å². The topological polar surface area (TPSA) is 45.1 Å². The molecule has 0 amide bonds. The van der Waals surface area contributed by atoms with Gasteiger partial charge >= 0.3 is 0 Å². The molecule has 3 nitrogen and oxygen atoms in total. The summed E-state index contributed by atoms with van der Waals surface area (Å²) in [5, 5.41) is 12.4. The first-order chi connectivity index (χ1) is 7.13. The minimum absolute atomic E-state index is 0.146. The predicted molar refractivity (Wildman–Crippen MR) is 61.5 cm³/mol. The highest BCUT2D eigenvalue weighted by atomic mass is 16.3. The number of aryl methyl sites for hydroxylation is 1. The van der Waals surface area contributed by atoms with Crippen molar-refractivity contribution in [1.82, 2.24) is 10.3 Å². The highest BCUT2D eigenvalue weighted by molar-refractivity contribution is 5.09. The maximum atomic E-state index is 9.15. The van der Waals surface area contributed by atoms with E-state index in [0.29, 0.717) is 12.5 Å². The predicted octanol–water partition coefficient (Wildman–Crippen LogP) is 1.50. The van der Waals surface area contributed by atoms with E-state index in [-0.39, 0.29) is 12.6 Å². The first kappa shape index (κ1) is 12.1. The van der Waals surface area contributed by atoms with Gasteiger partial charge in [0.1, 0.15) is 0 Å². The number of nitrogens with zero attached hydrogens (tertiary/aromatic N) is 1. The number of hydrogen-bond donors (Lipinski definition) is 2. The first-order valence-electron chi connectivity index (χ1n) is 5.40. The Labute approximate surface area is 91.5 Å². The summed E-state index contributed by atoms with van der Waals surface area (Å²) in [7, 11) is 0. The molecule has 0 aliphatic carbocycles. The number of aliphatic hydroxyl groups excluding tert-OH is 1. The maximum Gasteiger partial charge on any atom is 0.0587 e. The normalized spacial score (nSPS) is 13.1. The summed E-state index contributed by atoms with van der Waals surface area (Å²) in [6, 6.07) is 6.12. The van der Waals surface area contributed by atoms with Crippen LogP contribution in [0.2, 0.25) is 0 Å². The third-order valence-electron chi connectivity index (χ3n) is 2.49. The Hall–Kier alpha value is -0.930. The molecule has 0 fully saturated rings. The van der Waals surface area contributed by atoms with Crippen LogP contribution < -0.4 is 5.32 Å². The maximum absolute atomic E-state index is 9.15. The molecule has 3 heteroatoms. The second-order valence-electron chi connectivity index (χ2n) is 4.18. The van der Waals surface area contributed by atoms with E-state index in [9.17, 15) is 0 Å². The molecule has 0 aromatic carbocycles. The average Bonchev–Trinajstić information content (AvgIpc) is 2.18. The zero-order valence-corrected chi connectivity index (χ0v) is 9.70. The minimum Gasteiger partial charge on any atom is -0.395 e. The summed E-state index contributed by atoms with van der Waals surface area (Å²) in [4.78, 5) is 4.39. The summed E-state index contributed by atoms with van der Waals surface area (Å²) in [5.74, 6) is 0.430. The molecule has 1 aromatic rings. The Morgan fingerprint density at radius 1 is 1.40 bits per heavy atom. The van der Waals surface area contributed by atoms with Crippen LogP contribution in [0.5, 0.6) is 0 Å². The van der Waals surface area contributed by atoms with Crippen LogP contribution in [-0.2, 0) is 6.54 Å². The van der Waals surface area contributed by atoms with Gasteiger partial charge in [-0.1, -0.05) is 19.9 Å². The molecule has 1 unspecified atom stereocenters. The molecular formula is C12H20N2O. The summed E-state index contributed by atoms with van der Waals surface area (Å²) in [6.07, 6.45) is 0. The van der Waals surface area contributed by atoms with Crippen LogP contribution in [-0.4, -0.2) is 22.7 Å². The Bertz CT molecular complexity index is 299. The van der Waals surface area contributed by atoms with Crippen molar-refractivity contribution in [1.29, 1.82) is 0 Å². The first-order valence-corrected chi connectivity index (χ1v) is 5.40. The lowest BCUT2D eigenvalue weighted by Gasteiger charge is -2.19. The molecule has 0 spiro atoms. The van der Waals surface area contributed by atoms with E-state index in [1.807, 2.05) is 25.1 Å². The van der Waals surface area contributed by atoms with Gasteiger partial charge in [0.15, 0.2) is 0 Å². The summed E-state index contributed by atoms with van der Waals surface area (Å²) in [6.45, 7) is 7.05. The Balaban J connectivity index is 2.49. The number of nitrogens with one attached hydrogen (secondary N) is 1. The van der Waals surface area contributed by atoms with E-state index in [4.69, 9.17) is 5.11 Å². The largest absolute Gasteiger partial charge is 0.395 e. The monoisotopic (exact) mass is 208 g/mol. The van der Waals surface area contributed by atoms with Gasteiger partial charge in [-0.15, -0.1) is 0 Å². The second-order valence-corrected chi connectivity index (χ2v) is 4.18. The van der Waals surface area contributed by atoms with Crippen molar-refractivity contribution >= 4 is 0 Å². The van der Waals surface area contributed by atoms with Crippen LogP contribution in [0.4, 0.5) is 0 Å². The standard InChI is InChI=1S/C12H20N2O/c1-9(2)12(8-15)13-7-11-6-4-5-10(3)14-11/h4-6,9,12-13,15H,7-8H2,1-3H3. The van der Waals surface area contributed by atoms with E-state index in [0.717, 1.165) is 11.4 Å². The molecule has 0 saturated heterocycles. The molecule has 0 radical (unpaired) electrons. The molecule has 1 aromatic heterocycles. The smallest absolute Gasteiger partial charge is 0.0587 e. The average molecular weight is 208 g/mol. The highest BCUT2D eigenvalue weighted by Gasteiger charge is 2.10. The Morgan fingerprint density at radius 3 is 2.67 bits per heavy atom. The van der Waals surface area contributed by atoms with Crippen LogP contribution in [0.1, 0.15) is 25.2 Å². The SMILES string of the molecule is Cc1cccc(CNC(CO)C(C)C)n1. The molecule has 15 heavy (non-hydrogen) atoms. The van der Waals surface area contributed by atoms with Crippen molar-refractivity contribution in [2.24, 2.45) is 5.92 Å². The number of hydrogen-bond acceptors (Lipinski definition) is 3. The van der Waals surface area contributed by atoms with Crippen LogP contribution in [0.3, 0.4) is 0 Å². The number of rotatable bonds is 5. The number of aliphatic hydroxyl groups is 1. The molecule has 0 aliphatic heterocycles. The summed E-state index contributed by atoms with van der Waals surface area (Å²) >= 11 is 0. The van der Waals surface area contributed by atoms with E-state index in [1.165, 1.54) is 0 Å². The summed E-state index contributed by atoms with van der Waals surface area (Å²) in [5.41, 5.74) is 2.05. The van der Waals surface area contributed by atoms with Gasteiger partial charge in [-0.25, -0.2) is 0 Å². The van der Waals surface area contributed by atoms with E-state index in [1.54, 1.807) is 0 Å². The third-order valence-corrected chi connectivity index (χ3v) is 2.49. The van der Waals surface area contributed by atoms with Gasteiger partial charge in [-0.05, 0) is 25.0 Å². The lowest BCUT2D eigenvalue weighted by atomic mass is 10.1. The van der Waals surface area contributed by atoms with Crippen molar-refractivity contribution in [3.63, 3.8) is 0 Å². The molecular weight excluding hydrogens is 188 g/mol. The lowest BCUT2D eigenvalue weighted by Crippen LogP contribution is -2.36. The van der Waals surface area contributed by atoms with Crippen LogP contribution in [0.25, 0.3) is 0 Å². The van der Waals surface area contributed by atoms with Crippen LogP contribution in [0, 0.1) is 12.8 Å². The molecule has 84 valence electrons. The molecule has 2 N–H and O–H groups in total. The minimum atomic E-state index is 0.146. The molecule has 1 atom stereocenters. The van der Waals surface area contributed by atoms with Crippen molar-refractivity contribution in [2.45, 2.75) is 33.4 Å². The molecule has 0 bridgehead atoms. The van der Waals surface area contributed by atoms with Gasteiger partial charge in [0.05, 0.1) is 12.3 Å². The fourth-order valence-electron chi connectivity index (χ4n) is 1.44. The quantitative estimate of drug-likeness (QED) is 0.770. The number of aromatic nitrogens is 1. The van der Waals surface area contributed by atoms with Gasteiger partial charge in [0.2, 0.25) is 0 Å². The second kappa shape index (κ2) is 5.83. The zero-order chi connectivity index (χ0) is 11.3. The fraction of sp³-hybridized carbons (Fsp3) is 0.583. The fourth-order valence-corrected chi connectivity index (χ4v) is 1.44. The van der Waals surface area contributed by atoms with Crippen molar-refractivity contribution in [3.05, 3.63) is 29.6 Å².